The summed E-state index contributed by atoms with van der Waals surface area (Å²) in [6, 6.07) is 0. The molecule has 0 aromatic carbocycles. The van der Waals surface area contributed by atoms with E-state index >= 15 is 0 Å². The first-order valence-electron chi connectivity index (χ1n) is 4.67. The third-order valence-electron chi connectivity index (χ3n) is 1.50. The zero-order valence-corrected chi connectivity index (χ0v) is 8.71. The van der Waals surface area contributed by atoms with Gasteiger partial charge in [-0.25, -0.2) is 0 Å². The molecule has 0 atom stereocenters. The Kier molecular flexibility index (Phi) is 6.70. The average Bonchev–Trinajstić information content (AvgIpc) is 2.22. The fraction of sp³-hybridized carbons (Fsp3) is 0.333. The van der Waals surface area contributed by atoms with E-state index in [4.69, 9.17) is 4.74 Å². The van der Waals surface area contributed by atoms with E-state index in [-0.39, 0.29) is 0 Å². The summed E-state index contributed by atoms with van der Waals surface area (Å²) in [5, 5.41) is 0. The van der Waals surface area contributed by atoms with Gasteiger partial charge < -0.3 is 4.74 Å². The molecule has 0 unspecified atom stereocenters. The highest BCUT2D eigenvalue weighted by atomic mass is 16.5. The lowest BCUT2D eigenvalue weighted by Gasteiger charge is -2.13. The van der Waals surface area contributed by atoms with Gasteiger partial charge in [0.15, 0.2) is 0 Å². The van der Waals surface area contributed by atoms with Crippen LogP contribution in [0.2, 0.25) is 0 Å². The minimum Gasteiger partial charge on any atom is -0.489 e. The molecule has 0 aliphatic carbocycles. The molecule has 0 amide bonds. The van der Waals surface area contributed by atoms with E-state index in [0.717, 1.165) is 11.3 Å². The number of rotatable bonds is 1. The first-order chi connectivity index (χ1) is 6.38. The van der Waals surface area contributed by atoms with Gasteiger partial charge in [0.2, 0.25) is 0 Å². The van der Waals surface area contributed by atoms with Gasteiger partial charge >= 0.3 is 0 Å². The summed E-state index contributed by atoms with van der Waals surface area (Å²) in [4.78, 5) is 0. The molecule has 1 aliphatic heterocycles. The molecule has 0 fully saturated rings. The second-order valence-electron chi connectivity index (χ2n) is 2.22. The molecule has 13 heavy (non-hydrogen) atoms. The number of ether oxygens (including phenoxy) is 1. The molecule has 1 aliphatic rings. The molecule has 0 spiro atoms. The van der Waals surface area contributed by atoms with Crippen LogP contribution in [0.15, 0.2) is 48.3 Å². The van der Waals surface area contributed by atoms with Crippen LogP contribution in [-0.4, -0.2) is 6.61 Å². The van der Waals surface area contributed by atoms with Crippen LogP contribution in [0.1, 0.15) is 20.8 Å². The van der Waals surface area contributed by atoms with Gasteiger partial charge in [0.1, 0.15) is 12.4 Å². The van der Waals surface area contributed by atoms with Crippen LogP contribution in [0.4, 0.5) is 0 Å². The van der Waals surface area contributed by atoms with Crippen molar-refractivity contribution in [3.8, 4) is 0 Å². The fourth-order valence-corrected chi connectivity index (χ4v) is 0.968. The smallest absolute Gasteiger partial charge is 0.126 e. The topological polar surface area (TPSA) is 9.23 Å². The van der Waals surface area contributed by atoms with Crippen molar-refractivity contribution in [1.29, 1.82) is 0 Å². The van der Waals surface area contributed by atoms with E-state index in [1.54, 1.807) is 6.08 Å². The molecule has 1 heteroatoms. The molecule has 0 N–H and O–H groups in total. The first kappa shape index (κ1) is 11.8. The standard InChI is InChI=1S/C10H12O.C2H6/c1-3-6-10-9(4-2)7-5-8-11-10;1-2/h3-7H,1,8H2,2H3;1-2H3/b9-4-,10-6+;. The van der Waals surface area contributed by atoms with Crippen LogP contribution in [0, 0.1) is 0 Å². The molecule has 0 saturated carbocycles. The number of hydrogen-bond donors (Lipinski definition) is 0. The Morgan fingerprint density at radius 3 is 2.69 bits per heavy atom. The Balaban J connectivity index is 0.000000671. The predicted molar refractivity (Wildman–Crippen MR) is 58.5 cm³/mol. The lowest BCUT2D eigenvalue weighted by Crippen LogP contribution is -1.99. The van der Waals surface area contributed by atoms with Crippen molar-refractivity contribution in [2.45, 2.75) is 20.8 Å². The maximum absolute atomic E-state index is 5.36. The Bertz CT molecular complexity index is 232. The summed E-state index contributed by atoms with van der Waals surface area (Å²) in [5.41, 5.74) is 1.12. The van der Waals surface area contributed by atoms with E-state index < -0.39 is 0 Å². The quantitative estimate of drug-likeness (QED) is 0.596. The molecule has 1 heterocycles. The maximum atomic E-state index is 5.36. The van der Waals surface area contributed by atoms with Crippen molar-refractivity contribution < 1.29 is 4.74 Å². The van der Waals surface area contributed by atoms with Gasteiger partial charge in [0, 0.05) is 5.57 Å². The summed E-state index contributed by atoms with van der Waals surface area (Å²) >= 11 is 0. The van der Waals surface area contributed by atoms with Gasteiger partial charge in [-0.1, -0.05) is 38.7 Å². The predicted octanol–water partition coefficient (Wildman–Crippen LogP) is 3.62. The Hall–Kier alpha value is -1.24. The van der Waals surface area contributed by atoms with Crippen molar-refractivity contribution >= 4 is 0 Å². The third-order valence-corrected chi connectivity index (χ3v) is 1.50. The van der Waals surface area contributed by atoms with E-state index in [1.807, 2.05) is 39.0 Å². The molecule has 0 aromatic heterocycles. The van der Waals surface area contributed by atoms with Crippen molar-refractivity contribution in [2.75, 3.05) is 6.61 Å². The highest BCUT2D eigenvalue weighted by Crippen LogP contribution is 2.17. The molecule has 72 valence electrons. The molecule has 1 rings (SSSR count). The van der Waals surface area contributed by atoms with E-state index in [2.05, 4.69) is 12.7 Å². The Morgan fingerprint density at radius 1 is 1.46 bits per heavy atom. The van der Waals surface area contributed by atoms with Crippen molar-refractivity contribution in [2.24, 2.45) is 0 Å². The first-order valence-corrected chi connectivity index (χ1v) is 4.67. The monoisotopic (exact) mass is 178 g/mol. The maximum Gasteiger partial charge on any atom is 0.126 e. The van der Waals surface area contributed by atoms with E-state index in [9.17, 15) is 0 Å². The second-order valence-corrected chi connectivity index (χ2v) is 2.22. The van der Waals surface area contributed by atoms with Crippen molar-refractivity contribution in [1.82, 2.24) is 0 Å². The highest BCUT2D eigenvalue weighted by Gasteiger charge is 2.04. The molecular formula is C12H18O. The summed E-state index contributed by atoms with van der Waals surface area (Å²) < 4.78 is 5.36. The fourth-order valence-electron chi connectivity index (χ4n) is 0.968. The number of allylic oxidation sites excluding steroid dienone is 4. The molecule has 0 radical (unpaired) electrons. The average molecular weight is 178 g/mol. The lowest BCUT2D eigenvalue weighted by molar-refractivity contribution is 0.252. The minimum atomic E-state index is 0.664. The second kappa shape index (κ2) is 7.41. The minimum absolute atomic E-state index is 0.664. The van der Waals surface area contributed by atoms with Gasteiger partial charge in [-0.15, -0.1) is 0 Å². The zero-order chi connectivity index (χ0) is 10.1. The van der Waals surface area contributed by atoms with Gasteiger partial charge in [0.25, 0.3) is 0 Å². The zero-order valence-electron chi connectivity index (χ0n) is 8.71. The Labute approximate surface area is 81.1 Å². The van der Waals surface area contributed by atoms with Crippen molar-refractivity contribution in [3.05, 3.63) is 48.3 Å². The van der Waals surface area contributed by atoms with E-state index in [0.29, 0.717) is 6.61 Å². The summed E-state index contributed by atoms with van der Waals surface area (Å²) in [6.07, 6.45) is 9.68. The summed E-state index contributed by atoms with van der Waals surface area (Å²) in [7, 11) is 0. The highest BCUT2D eigenvalue weighted by molar-refractivity contribution is 5.39. The SMILES string of the molecule is C=C/C=C1/OCC=C/C1=C/C.CC. The summed E-state index contributed by atoms with van der Waals surface area (Å²) in [5.74, 6) is 0.907. The van der Waals surface area contributed by atoms with Crippen LogP contribution in [-0.2, 0) is 4.74 Å². The van der Waals surface area contributed by atoms with Crippen LogP contribution in [0.25, 0.3) is 0 Å². The van der Waals surface area contributed by atoms with Gasteiger partial charge in [-0.05, 0) is 19.1 Å². The lowest BCUT2D eigenvalue weighted by atomic mass is 10.1. The number of hydrogen-bond acceptors (Lipinski definition) is 1. The molecule has 0 aromatic rings. The molecule has 1 nitrogen and oxygen atoms in total. The van der Waals surface area contributed by atoms with Gasteiger partial charge in [-0.3, -0.25) is 0 Å². The van der Waals surface area contributed by atoms with Crippen LogP contribution in [0.3, 0.4) is 0 Å². The van der Waals surface area contributed by atoms with Crippen LogP contribution in [0.5, 0.6) is 0 Å². The van der Waals surface area contributed by atoms with Crippen LogP contribution < -0.4 is 0 Å². The molecular weight excluding hydrogens is 160 g/mol. The Morgan fingerprint density at radius 2 is 2.15 bits per heavy atom. The van der Waals surface area contributed by atoms with Crippen molar-refractivity contribution in [3.63, 3.8) is 0 Å². The van der Waals surface area contributed by atoms with Gasteiger partial charge in [-0.2, -0.15) is 0 Å². The summed E-state index contributed by atoms with van der Waals surface area (Å²) in [6.45, 7) is 10.3. The normalized spacial score (nSPS) is 20.5. The third kappa shape index (κ3) is 3.79. The van der Waals surface area contributed by atoms with E-state index in [1.165, 1.54) is 0 Å². The van der Waals surface area contributed by atoms with Crippen LogP contribution >= 0.6 is 0 Å². The molecule has 0 saturated heterocycles. The largest absolute Gasteiger partial charge is 0.489 e. The molecule has 0 bridgehead atoms. The van der Waals surface area contributed by atoms with Gasteiger partial charge in [0.05, 0.1) is 0 Å².